The van der Waals surface area contributed by atoms with Crippen LogP contribution in [-0.4, -0.2) is 33.2 Å². The summed E-state index contributed by atoms with van der Waals surface area (Å²) in [5.41, 5.74) is 0.618. The van der Waals surface area contributed by atoms with Gasteiger partial charge >= 0.3 is 5.97 Å². The Hall–Kier alpha value is -1.60. The average Bonchev–Trinajstić information content (AvgIpc) is 2.26. The molecule has 0 saturated carbocycles. The van der Waals surface area contributed by atoms with Crippen molar-refractivity contribution in [1.29, 1.82) is 0 Å². The molecule has 0 aliphatic heterocycles. The lowest BCUT2D eigenvalue weighted by Crippen LogP contribution is -2.13. The van der Waals surface area contributed by atoms with E-state index in [9.17, 15) is 13.2 Å². The topological polar surface area (TPSA) is 89.9 Å². The van der Waals surface area contributed by atoms with Crippen molar-refractivity contribution in [3.8, 4) is 5.75 Å². The summed E-state index contributed by atoms with van der Waals surface area (Å²) >= 11 is 0. The molecule has 0 aromatic heterocycles. The van der Waals surface area contributed by atoms with Gasteiger partial charge in [0, 0.05) is 0 Å². The molecule has 6 nitrogen and oxygen atoms in total. The fourth-order valence-corrected chi connectivity index (χ4v) is 2.15. The lowest BCUT2D eigenvalue weighted by Gasteiger charge is -2.07. The first-order valence-electron chi connectivity index (χ1n) is 4.62. The second-order valence-electron chi connectivity index (χ2n) is 3.24. The molecule has 94 valence electrons. The molecule has 1 N–H and O–H groups in total. The minimum Gasteiger partial charge on any atom is -0.496 e. The lowest BCUT2D eigenvalue weighted by atomic mass is 10.2. The summed E-state index contributed by atoms with van der Waals surface area (Å²) in [6.45, 7) is 0.780. The predicted octanol–water partition coefficient (Wildman–Crippen LogP) is 0.794. The van der Waals surface area contributed by atoms with Gasteiger partial charge in [-0.05, 0) is 30.7 Å². The van der Waals surface area contributed by atoms with Crippen LogP contribution in [0.15, 0.2) is 23.1 Å². The average molecular weight is 260 g/mol. The van der Waals surface area contributed by atoms with Gasteiger partial charge in [0.2, 0.25) is 0 Å². The van der Waals surface area contributed by atoms with E-state index in [-0.39, 0.29) is 4.90 Å². The summed E-state index contributed by atoms with van der Waals surface area (Å²) in [6, 6.07) is 4.13. The maximum absolute atomic E-state index is 11.6. The molecular weight excluding hydrogens is 248 g/mol. The fourth-order valence-electron chi connectivity index (χ4n) is 1.20. The normalized spacial score (nSPS) is 11.2. The summed E-state index contributed by atoms with van der Waals surface area (Å²) in [4.78, 5) is 10.1. The van der Waals surface area contributed by atoms with Gasteiger partial charge in [-0.2, -0.15) is 8.42 Å². The summed E-state index contributed by atoms with van der Waals surface area (Å²) in [7, 11) is -2.57. The van der Waals surface area contributed by atoms with Crippen molar-refractivity contribution in [2.24, 2.45) is 0 Å². The van der Waals surface area contributed by atoms with E-state index >= 15 is 0 Å². The number of aryl methyl sites for hydroxylation is 1. The molecule has 0 unspecified atom stereocenters. The van der Waals surface area contributed by atoms with Crippen LogP contribution in [0.5, 0.6) is 5.75 Å². The van der Waals surface area contributed by atoms with Gasteiger partial charge in [0.15, 0.2) is 6.61 Å². The van der Waals surface area contributed by atoms with Crippen molar-refractivity contribution in [2.75, 3.05) is 13.7 Å². The monoisotopic (exact) mass is 260 g/mol. The Morgan fingerprint density at radius 1 is 1.41 bits per heavy atom. The van der Waals surface area contributed by atoms with E-state index in [0.717, 1.165) is 0 Å². The van der Waals surface area contributed by atoms with Crippen molar-refractivity contribution in [2.45, 2.75) is 11.8 Å². The van der Waals surface area contributed by atoms with Crippen LogP contribution in [0, 0.1) is 6.92 Å². The van der Waals surface area contributed by atoms with E-state index in [1.165, 1.54) is 25.3 Å². The maximum atomic E-state index is 11.6. The van der Waals surface area contributed by atoms with Gasteiger partial charge in [0.25, 0.3) is 10.1 Å². The summed E-state index contributed by atoms with van der Waals surface area (Å²) in [5.74, 6) is -0.805. The number of carbonyl (C=O) groups is 1. The largest absolute Gasteiger partial charge is 0.496 e. The number of carboxylic acid groups (broad SMARTS) is 1. The van der Waals surface area contributed by atoms with Crippen LogP contribution in [-0.2, 0) is 19.1 Å². The Balaban J connectivity index is 2.99. The number of methoxy groups -OCH3 is 1. The number of hydrogen-bond donors (Lipinski definition) is 1. The SMILES string of the molecule is COc1ccc(S(=O)(=O)OCC(=O)O)cc1C. The van der Waals surface area contributed by atoms with Crippen molar-refractivity contribution < 1.29 is 27.2 Å². The minimum atomic E-state index is -4.04. The second-order valence-corrected chi connectivity index (χ2v) is 4.86. The first-order valence-corrected chi connectivity index (χ1v) is 6.03. The first-order chi connectivity index (χ1) is 7.86. The van der Waals surface area contributed by atoms with E-state index in [2.05, 4.69) is 4.18 Å². The molecule has 0 bridgehead atoms. The second kappa shape index (κ2) is 5.15. The van der Waals surface area contributed by atoms with Crippen LogP contribution < -0.4 is 4.74 Å². The van der Waals surface area contributed by atoms with Crippen LogP contribution in [0.2, 0.25) is 0 Å². The number of ether oxygens (including phenoxy) is 1. The highest BCUT2D eigenvalue weighted by molar-refractivity contribution is 7.86. The molecule has 17 heavy (non-hydrogen) atoms. The standard InChI is InChI=1S/C10H12O6S/c1-7-5-8(3-4-9(7)15-2)17(13,14)16-6-10(11)12/h3-5H,6H2,1-2H3,(H,11,12). The highest BCUT2D eigenvalue weighted by Gasteiger charge is 2.17. The molecule has 7 heteroatoms. The van der Waals surface area contributed by atoms with Gasteiger partial charge in [-0.3, -0.25) is 4.18 Å². The predicted molar refractivity (Wildman–Crippen MR) is 58.5 cm³/mol. The van der Waals surface area contributed by atoms with Gasteiger partial charge in [0.1, 0.15) is 5.75 Å². The third-order valence-corrected chi connectivity index (χ3v) is 3.25. The highest BCUT2D eigenvalue weighted by atomic mass is 32.2. The number of aliphatic carboxylic acids is 1. The zero-order valence-corrected chi connectivity index (χ0v) is 10.2. The molecule has 0 aliphatic rings. The maximum Gasteiger partial charge on any atom is 0.331 e. The van der Waals surface area contributed by atoms with Crippen molar-refractivity contribution >= 4 is 16.1 Å². The highest BCUT2D eigenvalue weighted by Crippen LogP contribution is 2.22. The van der Waals surface area contributed by atoms with E-state index in [1.54, 1.807) is 6.92 Å². The van der Waals surface area contributed by atoms with Gasteiger partial charge in [-0.15, -0.1) is 0 Å². The quantitative estimate of drug-likeness (QED) is 0.787. The molecule has 0 radical (unpaired) electrons. The Morgan fingerprint density at radius 3 is 2.53 bits per heavy atom. The molecular formula is C10H12O6S. The first kappa shape index (κ1) is 13.5. The smallest absolute Gasteiger partial charge is 0.331 e. The van der Waals surface area contributed by atoms with Crippen molar-refractivity contribution in [3.05, 3.63) is 23.8 Å². The lowest BCUT2D eigenvalue weighted by molar-refractivity contribution is -0.139. The number of carboxylic acids is 1. The summed E-state index contributed by atoms with van der Waals surface area (Å²) in [5, 5.41) is 8.35. The number of benzene rings is 1. The molecule has 0 atom stereocenters. The molecule has 0 amide bonds. The minimum absolute atomic E-state index is 0.1000. The molecule has 0 spiro atoms. The molecule has 0 saturated heterocycles. The molecule has 1 rings (SSSR count). The van der Waals surface area contributed by atoms with Gasteiger partial charge in [-0.1, -0.05) is 0 Å². The Bertz CT molecular complexity index is 520. The fraction of sp³-hybridized carbons (Fsp3) is 0.300. The van der Waals surface area contributed by atoms with Crippen molar-refractivity contribution in [3.63, 3.8) is 0 Å². The third kappa shape index (κ3) is 3.43. The van der Waals surface area contributed by atoms with Gasteiger partial charge in [-0.25, -0.2) is 4.79 Å². The van der Waals surface area contributed by atoms with E-state index in [0.29, 0.717) is 11.3 Å². The molecule has 0 heterocycles. The van der Waals surface area contributed by atoms with E-state index in [1.807, 2.05) is 0 Å². The van der Waals surface area contributed by atoms with Crippen molar-refractivity contribution in [1.82, 2.24) is 0 Å². The van der Waals surface area contributed by atoms with Gasteiger partial charge < -0.3 is 9.84 Å². The van der Waals surface area contributed by atoms with Gasteiger partial charge in [0.05, 0.1) is 12.0 Å². The molecule has 1 aromatic rings. The molecule has 0 aliphatic carbocycles. The van der Waals surface area contributed by atoms with Crippen LogP contribution in [0.25, 0.3) is 0 Å². The summed E-state index contributed by atoms with van der Waals surface area (Å²) < 4.78 is 32.4. The summed E-state index contributed by atoms with van der Waals surface area (Å²) in [6.07, 6.45) is 0. The Morgan fingerprint density at radius 2 is 2.06 bits per heavy atom. The number of hydrogen-bond acceptors (Lipinski definition) is 5. The van der Waals surface area contributed by atoms with Crippen LogP contribution >= 0.6 is 0 Å². The van der Waals surface area contributed by atoms with Crippen LogP contribution in [0.4, 0.5) is 0 Å². The van der Waals surface area contributed by atoms with E-state index < -0.39 is 22.7 Å². The van der Waals surface area contributed by atoms with Crippen LogP contribution in [0.3, 0.4) is 0 Å². The molecule has 1 aromatic carbocycles. The number of rotatable bonds is 5. The zero-order chi connectivity index (χ0) is 13.1. The zero-order valence-electron chi connectivity index (χ0n) is 9.34. The van der Waals surface area contributed by atoms with Crippen LogP contribution in [0.1, 0.15) is 5.56 Å². The van der Waals surface area contributed by atoms with E-state index in [4.69, 9.17) is 9.84 Å². The Labute approximate surface area is 98.9 Å². The Kier molecular flexibility index (Phi) is 4.08. The molecule has 0 fully saturated rings. The third-order valence-electron chi connectivity index (χ3n) is 1.99.